The summed E-state index contributed by atoms with van der Waals surface area (Å²) in [7, 11) is 3.05. The largest absolute Gasteiger partial charge is 0.497 e. The molecule has 0 aromatic heterocycles. The zero-order chi connectivity index (χ0) is 19.8. The average molecular weight is 373 g/mol. The van der Waals surface area contributed by atoms with Crippen LogP contribution in [0.4, 0.5) is 0 Å². The van der Waals surface area contributed by atoms with Gasteiger partial charge >= 0.3 is 5.97 Å². The highest BCUT2D eigenvalue weighted by molar-refractivity contribution is 5.87. The highest BCUT2D eigenvalue weighted by Crippen LogP contribution is 2.31. The van der Waals surface area contributed by atoms with Gasteiger partial charge in [-0.25, -0.2) is 4.79 Å². The lowest BCUT2D eigenvalue weighted by molar-refractivity contribution is -0.121. The smallest absolute Gasteiger partial charge is 0.335 e. The molecule has 0 fully saturated rings. The number of ether oxygens (including phenoxy) is 2. The first-order valence-electron chi connectivity index (χ1n) is 8.43. The Hall–Kier alpha value is -3.06. The summed E-state index contributed by atoms with van der Waals surface area (Å²) in [5.41, 5.74) is 1.59. The van der Waals surface area contributed by atoms with Crippen LogP contribution in [0.15, 0.2) is 42.5 Å². The molecule has 1 atom stereocenters. The van der Waals surface area contributed by atoms with Crippen molar-refractivity contribution in [3.8, 4) is 11.5 Å². The van der Waals surface area contributed by atoms with Gasteiger partial charge in [0, 0.05) is 24.6 Å². The SMILES string of the molecule is COc1ccc(C(O)CCC(=O)NCc2ccc(C(=O)O)cc2)c(OC)c1. The van der Waals surface area contributed by atoms with Crippen molar-refractivity contribution in [3.05, 3.63) is 59.2 Å². The summed E-state index contributed by atoms with van der Waals surface area (Å²) >= 11 is 0. The number of carbonyl (C=O) groups excluding carboxylic acids is 1. The summed E-state index contributed by atoms with van der Waals surface area (Å²) in [5.74, 6) is -0.0763. The van der Waals surface area contributed by atoms with Crippen LogP contribution in [-0.4, -0.2) is 36.3 Å². The molecule has 2 aromatic carbocycles. The number of amides is 1. The van der Waals surface area contributed by atoms with Gasteiger partial charge in [0.1, 0.15) is 11.5 Å². The Bertz CT molecular complexity index is 788. The lowest BCUT2D eigenvalue weighted by Crippen LogP contribution is -2.23. The molecule has 0 aliphatic carbocycles. The first kappa shape index (κ1) is 20.3. The number of aliphatic hydroxyl groups is 1. The molecular formula is C20H23NO6. The third-order valence-electron chi connectivity index (χ3n) is 4.14. The van der Waals surface area contributed by atoms with Gasteiger partial charge in [0.05, 0.1) is 25.9 Å². The molecule has 7 nitrogen and oxygen atoms in total. The standard InChI is InChI=1S/C20H23NO6/c1-26-15-7-8-16(18(11-15)27-2)17(22)9-10-19(23)21-12-13-3-5-14(6-4-13)20(24)25/h3-8,11,17,22H,9-10,12H2,1-2H3,(H,21,23)(H,24,25). The van der Waals surface area contributed by atoms with E-state index in [-0.39, 0.29) is 24.3 Å². The van der Waals surface area contributed by atoms with Crippen LogP contribution in [0.1, 0.15) is 40.4 Å². The fourth-order valence-corrected chi connectivity index (χ4v) is 2.57. The van der Waals surface area contributed by atoms with Gasteiger partial charge in [0.25, 0.3) is 0 Å². The lowest BCUT2D eigenvalue weighted by atomic mass is 10.0. The molecule has 0 saturated carbocycles. The number of carboxylic acids is 1. The van der Waals surface area contributed by atoms with Crippen molar-refractivity contribution in [1.29, 1.82) is 0 Å². The molecule has 0 aliphatic rings. The second kappa shape index (κ2) is 9.59. The van der Waals surface area contributed by atoms with Crippen molar-refractivity contribution in [3.63, 3.8) is 0 Å². The second-order valence-corrected chi connectivity index (χ2v) is 5.94. The van der Waals surface area contributed by atoms with E-state index in [0.29, 0.717) is 23.6 Å². The van der Waals surface area contributed by atoms with Gasteiger partial charge in [-0.05, 0) is 36.2 Å². The van der Waals surface area contributed by atoms with Gasteiger partial charge in [-0.1, -0.05) is 12.1 Å². The third-order valence-corrected chi connectivity index (χ3v) is 4.14. The maximum atomic E-state index is 12.0. The number of hydrogen-bond acceptors (Lipinski definition) is 5. The Morgan fingerprint density at radius 3 is 2.37 bits per heavy atom. The number of methoxy groups -OCH3 is 2. The van der Waals surface area contributed by atoms with E-state index in [1.165, 1.54) is 19.2 Å². The van der Waals surface area contributed by atoms with Crippen LogP contribution in [0, 0.1) is 0 Å². The van der Waals surface area contributed by atoms with Crippen LogP contribution >= 0.6 is 0 Å². The monoisotopic (exact) mass is 373 g/mol. The topological polar surface area (TPSA) is 105 Å². The molecule has 0 spiro atoms. The summed E-state index contributed by atoms with van der Waals surface area (Å²) in [6.45, 7) is 0.292. The Kier molecular flexibility index (Phi) is 7.19. The average Bonchev–Trinajstić information content (AvgIpc) is 2.70. The van der Waals surface area contributed by atoms with Crippen molar-refractivity contribution in [2.24, 2.45) is 0 Å². The van der Waals surface area contributed by atoms with E-state index in [2.05, 4.69) is 5.32 Å². The predicted octanol–water partition coefficient (Wildman–Crippen LogP) is 2.53. The molecule has 0 saturated heterocycles. The summed E-state index contributed by atoms with van der Waals surface area (Å²) < 4.78 is 10.4. The fourth-order valence-electron chi connectivity index (χ4n) is 2.57. The van der Waals surface area contributed by atoms with E-state index < -0.39 is 12.1 Å². The lowest BCUT2D eigenvalue weighted by Gasteiger charge is -2.15. The van der Waals surface area contributed by atoms with E-state index in [1.807, 2.05) is 0 Å². The normalized spacial score (nSPS) is 11.5. The van der Waals surface area contributed by atoms with Crippen LogP contribution in [0.2, 0.25) is 0 Å². The molecule has 1 unspecified atom stereocenters. The maximum absolute atomic E-state index is 12.0. The van der Waals surface area contributed by atoms with Crippen LogP contribution in [-0.2, 0) is 11.3 Å². The Morgan fingerprint density at radius 1 is 1.07 bits per heavy atom. The number of hydrogen-bond donors (Lipinski definition) is 3. The Labute approximate surface area is 157 Å². The second-order valence-electron chi connectivity index (χ2n) is 5.94. The molecule has 2 aromatic rings. The molecule has 0 radical (unpaired) electrons. The molecule has 2 rings (SSSR count). The summed E-state index contributed by atoms with van der Waals surface area (Å²) in [4.78, 5) is 22.8. The van der Waals surface area contributed by atoms with Crippen LogP contribution in [0.5, 0.6) is 11.5 Å². The highest BCUT2D eigenvalue weighted by atomic mass is 16.5. The van der Waals surface area contributed by atoms with Crippen molar-refractivity contribution < 1.29 is 29.3 Å². The summed E-state index contributed by atoms with van der Waals surface area (Å²) in [6.07, 6.45) is -0.456. The number of benzene rings is 2. The summed E-state index contributed by atoms with van der Waals surface area (Å²) in [6, 6.07) is 11.4. The van der Waals surface area contributed by atoms with Crippen LogP contribution < -0.4 is 14.8 Å². The minimum atomic E-state index is -0.992. The van der Waals surface area contributed by atoms with E-state index in [4.69, 9.17) is 14.6 Å². The molecular weight excluding hydrogens is 350 g/mol. The molecule has 0 aliphatic heterocycles. The van der Waals surface area contributed by atoms with E-state index in [0.717, 1.165) is 5.56 Å². The zero-order valence-corrected chi connectivity index (χ0v) is 15.3. The molecule has 0 bridgehead atoms. The van der Waals surface area contributed by atoms with Crippen molar-refractivity contribution in [1.82, 2.24) is 5.32 Å². The molecule has 1 amide bonds. The van der Waals surface area contributed by atoms with Gasteiger partial charge < -0.3 is 25.0 Å². The number of rotatable bonds is 9. The predicted molar refractivity (Wildman–Crippen MR) is 99.0 cm³/mol. The van der Waals surface area contributed by atoms with E-state index in [1.54, 1.807) is 37.4 Å². The minimum absolute atomic E-state index is 0.142. The fraction of sp³-hybridized carbons (Fsp3) is 0.300. The maximum Gasteiger partial charge on any atom is 0.335 e. The van der Waals surface area contributed by atoms with Crippen molar-refractivity contribution >= 4 is 11.9 Å². The first-order chi connectivity index (χ1) is 12.9. The van der Waals surface area contributed by atoms with E-state index in [9.17, 15) is 14.7 Å². The highest BCUT2D eigenvalue weighted by Gasteiger charge is 2.16. The van der Waals surface area contributed by atoms with Gasteiger partial charge in [0.15, 0.2) is 0 Å². The first-order valence-corrected chi connectivity index (χ1v) is 8.43. The Balaban J connectivity index is 1.85. The Morgan fingerprint density at radius 2 is 1.78 bits per heavy atom. The molecule has 3 N–H and O–H groups in total. The van der Waals surface area contributed by atoms with Crippen molar-refractivity contribution in [2.75, 3.05) is 14.2 Å². The molecule has 0 heterocycles. The number of carbonyl (C=O) groups is 2. The van der Waals surface area contributed by atoms with Crippen LogP contribution in [0.25, 0.3) is 0 Å². The van der Waals surface area contributed by atoms with Crippen molar-refractivity contribution in [2.45, 2.75) is 25.5 Å². The van der Waals surface area contributed by atoms with Gasteiger partial charge in [0.2, 0.25) is 5.91 Å². The number of nitrogens with one attached hydrogen (secondary N) is 1. The number of aliphatic hydroxyl groups excluding tert-OH is 1. The van der Waals surface area contributed by atoms with Gasteiger partial charge in [-0.2, -0.15) is 0 Å². The van der Waals surface area contributed by atoms with E-state index >= 15 is 0 Å². The minimum Gasteiger partial charge on any atom is -0.497 e. The number of aromatic carboxylic acids is 1. The van der Waals surface area contributed by atoms with Crippen LogP contribution in [0.3, 0.4) is 0 Å². The summed E-state index contributed by atoms with van der Waals surface area (Å²) in [5, 5.41) is 22.0. The zero-order valence-electron chi connectivity index (χ0n) is 15.3. The number of carboxylic acid groups (broad SMARTS) is 1. The van der Waals surface area contributed by atoms with Gasteiger partial charge in [-0.3, -0.25) is 4.79 Å². The third kappa shape index (κ3) is 5.72. The molecule has 7 heteroatoms. The molecule has 27 heavy (non-hydrogen) atoms. The quantitative estimate of drug-likeness (QED) is 0.624. The molecule has 144 valence electrons. The van der Waals surface area contributed by atoms with Gasteiger partial charge in [-0.15, -0.1) is 0 Å².